The van der Waals surface area contributed by atoms with E-state index < -0.39 is 25.6 Å². The van der Waals surface area contributed by atoms with Crippen molar-refractivity contribution in [2.75, 3.05) is 15.1 Å². The summed E-state index contributed by atoms with van der Waals surface area (Å²) in [4.78, 5) is 3.34. The van der Waals surface area contributed by atoms with E-state index in [0.29, 0.717) is 0 Å². The molecule has 2 aromatic rings. The molecule has 0 amide bonds. The summed E-state index contributed by atoms with van der Waals surface area (Å²) in [6, 6.07) is 18.3. The number of hydrogen-bond donors (Lipinski definition) is 0. The molecule has 1 aliphatic rings. The van der Waals surface area contributed by atoms with Crippen molar-refractivity contribution in [1.82, 2.24) is 0 Å². The van der Waals surface area contributed by atoms with Gasteiger partial charge in [-0.25, -0.2) is 0 Å². The van der Waals surface area contributed by atoms with Crippen LogP contribution in [0.4, 0.5) is 0 Å². The average molecular weight is 384 g/mol. The zero-order valence-corrected chi connectivity index (χ0v) is 14.8. The molecule has 0 radical (unpaired) electrons. The number of halogens is 1. The predicted octanol–water partition coefficient (Wildman–Crippen LogP) is 5.98. The van der Waals surface area contributed by atoms with Gasteiger partial charge in [-0.1, -0.05) is 0 Å². The van der Waals surface area contributed by atoms with E-state index in [2.05, 4.69) is 68.6 Å². The Hall–Kier alpha value is -0.480. The van der Waals surface area contributed by atoms with E-state index in [-0.39, 0.29) is 0 Å². The molecular formula is C17H21IS. The first-order valence-electron chi connectivity index (χ1n) is 6.82. The van der Waals surface area contributed by atoms with Crippen LogP contribution in [0.2, 0.25) is 0 Å². The van der Waals surface area contributed by atoms with E-state index in [0.717, 1.165) is 0 Å². The van der Waals surface area contributed by atoms with Gasteiger partial charge in [0.05, 0.1) is 0 Å². The fraction of sp³-hybridized carbons (Fsp3) is 0.294. The van der Waals surface area contributed by atoms with Gasteiger partial charge in [0.2, 0.25) is 0 Å². The van der Waals surface area contributed by atoms with E-state index >= 15 is 0 Å². The predicted molar refractivity (Wildman–Crippen MR) is 97.0 cm³/mol. The third kappa shape index (κ3) is 1.87. The van der Waals surface area contributed by atoms with Gasteiger partial charge in [0, 0.05) is 0 Å². The summed E-state index contributed by atoms with van der Waals surface area (Å²) in [5.41, 5.74) is 3.03. The third-order valence-corrected chi connectivity index (χ3v) is 23.8. The third-order valence-electron chi connectivity index (χ3n) is 3.92. The van der Waals surface area contributed by atoms with Crippen molar-refractivity contribution >= 4 is 25.6 Å². The Morgan fingerprint density at radius 2 is 1.21 bits per heavy atom. The van der Waals surface area contributed by atoms with Crippen molar-refractivity contribution in [2.24, 2.45) is 0 Å². The van der Waals surface area contributed by atoms with Gasteiger partial charge < -0.3 is 0 Å². The maximum absolute atomic E-state index is 2.59. The first-order valence-corrected chi connectivity index (χ1v) is 14.5. The molecule has 0 aromatic heterocycles. The Morgan fingerprint density at radius 3 is 1.63 bits per heavy atom. The first kappa shape index (κ1) is 13.5. The van der Waals surface area contributed by atoms with Crippen LogP contribution in [0.5, 0.6) is 0 Å². The number of hydrogen-bond acceptors (Lipinski definition) is 0. The Balaban J connectivity index is 2.31. The second kappa shape index (κ2) is 5.13. The van der Waals surface area contributed by atoms with Crippen LogP contribution in [0.3, 0.4) is 0 Å². The van der Waals surface area contributed by atoms with Crippen LogP contribution in [0, 0.1) is 0 Å². The molecule has 0 atom stereocenters. The van der Waals surface area contributed by atoms with Crippen molar-refractivity contribution in [2.45, 2.75) is 23.6 Å². The van der Waals surface area contributed by atoms with Gasteiger partial charge in [-0.2, -0.15) is 0 Å². The van der Waals surface area contributed by atoms with E-state index in [1.807, 2.05) is 0 Å². The Morgan fingerprint density at radius 1 is 0.789 bits per heavy atom. The molecule has 0 aliphatic carbocycles. The van der Waals surface area contributed by atoms with Gasteiger partial charge in [0.25, 0.3) is 0 Å². The Labute approximate surface area is 123 Å². The SMILES string of the molecule is CCI(CC)S1(C)c2ccccc2-c2ccccc21. The standard InChI is InChI=1S/C17H21IS/c1-4-18(5-2)19(3)16-12-8-6-10-14(16)15-11-7-9-13-17(15)19/h6-13H,4-5H2,1-3H3. The molecule has 0 spiro atoms. The second-order valence-electron chi connectivity index (χ2n) is 4.75. The molecule has 102 valence electrons. The minimum absolute atomic E-state index is 0.707. The molecule has 0 N–H and O–H groups in total. The molecule has 0 saturated carbocycles. The zero-order chi connectivity index (χ0) is 13.5. The molecule has 0 unspecified atom stereocenters. The van der Waals surface area contributed by atoms with Gasteiger partial charge in [0.15, 0.2) is 0 Å². The molecule has 0 saturated heterocycles. The van der Waals surface area contributed by atoms with Crippen LogP contribution < -0.4 is 0 Å². The molecular weight excluding hydrogens is 363 g/mol. The van der Waals surface area contributed by atoms with Crippen molar-refractivity contribution in [1.29, 1.82) is 0 Å². The molecule has 19 heavy (non-hydrogen) atoms. The summed E-state index contributed by atoms with van der Waals surface area (Å²) < 4.78 is 2.85. The molecule has 0 nitrogen and oxygen atoms in total. The Kier molecular flexibility index (Phi) is 3.65. The fourth-order valence-electron chi connectivity index (χ4n) is 3.03. The monoisotopic (exact) mass is 384 g/mol. The van der Waals surface area contributed by atoms with Crippen LogP contribution in [-0.2, 0) is 0 Å². The van der Waals surface area contributed by atoms with Crippen LogP contribution in [0.25, 0.3) is 11.1 Å². The summed E-state index contributed by atoms with van der Waals surface area (Å²) in [5.74, 6) is 0. The number of rotatable bonds is 3. The van der Waals surface area contributed by atoms with Gasteiger partial charge in [-0.3, -0.25) is 0 Å². The van der Waals surface area contributed by atoms with Crippen molar-refractivity contribution < 1.29 is 0 Å². The van der Waals surface area contributed by atoms with E-state index in [4.69, 9.17) is 0 Å². The van der Waals surface area contributed by atoms with Crippen LogP contribution in [0.15, 0.2) is 58.3 Å². The second-order valence-corrected chi connectivity index (χ2v) is 20.9. The number of benzene rings is 2. The summed E-state index contributed by atoms with van der Waals surface area (Å²) in [5, 5.41) is 0. The zero-order valence-electron chi connectivity index (χ0n) is 11.8. The van der Waals surface area contributed by atoms with Gasteiger partial charge in [0.1, 0.15) is 0 Å². The topological polar surface area (TPSA) is 0 Å². The van der Waals surface area contributed by atoms with E-state index in [1.54, 1.807) is 9.79 Å². The number of alkyl halides is 2. The molecule has 0 fully saturated rings. The summed E-state index contributed by atoms with van der Waals surface area (Å²) >= 11 is -0.947. The van der Waals surface area contributed by atoms with Crippen LogP contribution in [0.1, 0.15) is 13.8 Å². The Bertz CT molecular complexity index is 556. The van der Waals surface area contributed by atoms with Crippen LogP contribution >= 0.6 is 25.6 Å². The quantitative estimate of drug-likeness (QED) is 0.451. The molecule has 0 bridgehead atoms. The minimum atomic E-state index is -0.947. The van der Waals surface area contributed by atoms with Crippen molar-refractivity contribution in [3.05, 3.63) is 48.5 Å². The van der Waals surface area contributed by atoms with Gasteiger partial charge in [-0.05, 0) is 0 Å². The van der Waals surface area contributed by atoms with Crippen molar-refractivity contribution in [3.8, 4) is 11.1 Å². The average Bonchev–Trinajstić information content (AvgIpc) is 2.72. The molecule has 3 rings (SSSR count). The summed E-state index contributed by atoms with van der Waals surface area (Å²) in [6.07, 6.45) is 2.59. The molecule has 1 aliphatic heterocycles. The van der Waals surface area contributed by atoms with E-state index in [1.165, 1.54) is 20.0 Å². The van der Waals surface area contributed by atoms with Gasteiger partial charge >= 0.3 is 124 Å². The fourth-order valence-corrected chi connectivity index (χ4v) is 21.3. The normalized spacial score (nSPS) is 17.5. The van der Waals surface area contributed by atoms with Crippen molar-refractivity contribution in [3.63, 3.8) is 0 Å². The molecule has 1 heterocycles. The van der Waals surface area contributed by atoms with E-state index in [9.17, 15) is 0 Å². The first-order chi connectivity index (χ1) is 9.23. The van der Waals surface area contributed by atoms with Gasteiger partial charge in [-0.15, -0.1) is 0 Å². The maximum atomic E-state index is 2.59. The molecule has 2 aromatic carbocycles. The molecule has 2 heteroatoms. The summed E-state index contributed by atoms with van der Waals surface area (Å²) in [7, 11) is -0.707. The number of fused-ring (bicyclic) bond motifs is 3. The summed E-state index contributed by atoms with van der Waals surface area (Å²) in [6.45, 7) is 4.83. The van der Waals surface area contributed by atoms with Crippen LogP contribution in [-0.4, -0.2) is 15.1 Å².